The van der Waals surface area contributed by atoms with E-state index >= 15 is 0 Å². The first-order chi connectivity index (χ1) is 3.81. The fourth-order valence-corrected chi connectivity index (χ4v) is 0.203. The Morgan fingerprint density at radius 2 is 2.38 bits per heavy atom. The molecule has 0 heterocycles. The summed E-state index contributed by atoms with van der Waals surface area (Å²) < 4.78 is 0. The van der Waals surface area contributed by atoms with E-state index in [0.29, 0.717) is 0 Å². The van der Waals surface area contributed by atoms with Gasteiger partial charge in [-0.1, -0.05) is 6.08 Å². The van der Waals surface area contributed by atoms with Crippen LogP contribution in [-0.2, 0) is 9.63 Å². The van der Waals surface area contributed by atoms with Gasteiger partial charge in [0.15, 0.2) is 5.34 Å². The van der Waals surface area contributed by atoms with Crippen molar-refractivity contribution in [3.63, 3.8) is 0 Å². The molecule has 0 saturated heterocycles. The van der Waals surface area contributed by atoms with Gasteiger partial charge in [0.05, 0.1) is 0 Å². The summed E-state index contributed by atoms with van der Waals surface area (Å²) in [4.78, 5) is 22.8. The molecular formula is C4H5NO3. The smallest absolute Gasteiger partial charge is 0.280 e. The molecule has 0 aliphatic carbocycles. The molecule has 0 N–H and O–H groups in total. The summed E-state index contributed by atoms with van der Waals surface area (Å²) in [5, 5.41) is 1.90. The van der Waals surface area contributed by atoms with Crippen molar-refractivity contribution in [1.29, 1.82) is 0 Å². The fourth-order valence-electron chi connectivity index (χ4n) is 0.203. The third kappa shape index (κ3) is 3.02. The minimum absolute atomic E-state index is 0.748. The maximum atomic E-state index is 10.0. The molecule has 0 atom stereocenters. The third-order valence-corrected chi connectivity index (χ3v) is 0.430. The maximum absolute atomic E-state index is 10.0. The molecule has 0 unspecified atom stereocenters. The van der Waals surface area contributed by atoms with Crippen LogP contribution in [0.15, 0.2) is 17.5 Å². The van der Waals surface area contributed by atoms with Crippen molar-refractivity contribution in [2.75, 3.05) is 0 Å². The van der Waals surface area contributed by atoms with E-state index < -0.39 is 5.97 Å². The van der Waals surface area contributed by atoms with Crippen LogP contribution < -0.4 is 0 Å². The highest BCUT2D eigenvalue weighted by atomic mass is 16.7. The molecule has 0 aliphatic rings. The van der Waals surface area contributed by atoms with Crippen LogP contribution in [0.2, 0.25) is 0 Å². The topological polar surface area (TPSA) is 55.7 Å². The van der Waals surface area contributed by atoms with Crippen LogP contribution in [0, 0.1) is 4.91 Å². The van der Waals surface area contributed by atoms with Crippen molar-refractivity contribution >= 4 is 5.97 Å². The molecular weight excluding hydrogens is 110 g/mol. The van der Waals surface area contributed by atoms with E-state index in [1.54, 1.807) is 6.92 Å². The SMILES string of the molecule is C/C=C/C(=O)ON=O. The molecule has 0 saturated carbocycles. The number of hydrogen-bond acceptors (Lipinski definition) is 4. The first-order valence-electron chi connectivity index (χ1n) is 1.97. The molecule has 8 heavy (non-hydrogen) atoms. The van der Waals surface area contributed by atoms with Crippen LogP contribution in [0.3, 0.4) is 0 Å². The number of rotatable bonds is 2. The highest BCUT2D eigenvalue weighted by Crippen LogP contribution is 1.79. The summed E-state index contributed by atoms with van der Waals surface area (Å²) in [6, 6.07) is 0. The van der Waals surface area contributed by atoms with Gasteiger partial charge in [-0.2, -0.15) is 0 Å². The van der Waals surface area contributed by atoms with Crippen LogP contribution in [0.25, 0.3) is 0 Å². The van der Waals surface area contributed by atoms with Gasteiger partial charge in [0, 0.05) is 6.08 Å². The highest BCUT2D eigenvalue weighted by molar-refractivity contribution is 5.81. The zero-order valence-electron chi connectivity index (χ0n) is 4.33. The van der Waals surface area contributed by atoms with Crippen LogP contribution in [0.5, 0.6) is 0 Å². The third-order valence-electron chi connectivity index (χ3n) is 0.430. The zero-order chi connectivity index (χ0) is 6.41. The van der Waals surface area contributed by atoms with Crippen molar-refractivity contribution in [2.24, 2.45) is 5.34 Å². The fraction of sp³-hybridized carbons (Fsp3) is 0.250. The second-order valence-electron chi connectivity index (χ2n) is 0.985. The van der Waals surface area contributed by atoms with Crippen molar-refractivity contribution in [1.82, 2.24) is 0 Å². The number of hydrogen-bond donors (Lipinski definition) is 0. The van der Waals surface area contributed by atoms with Gasteiger partial charge in [0.1, 0.15) is 0 Å². The van der Waals surface area contributed by atoms with Gasteiger partial charge in [0.2, 0.25) is 0 Å². The minimum Gasteiger partial charge on any atom is -0.280 e. The molecule has 0 aromatic carbocycles. The van der Waals surface area contributed by atoms with Gasteiger partial charge in [0.25, 0.3) is 0 Å². The first kappa shape index (κ1) is 6.81. The first-order valence-corrected chi connectivity index (χ1v) is 1.97. The van der Waals surface area contributed by atoms with E-state index in [9.17, 15) is 4.79 Å². The summed E-state index contributed by atoms with van der Waals surface area (Å²) in [6.07, 6.45) is 2.55. The Morgan fingerprint density at radius 1 is 1.75 bits per heavy atom. The molecule has 0 amide bonds. The quantitative estimate of drug-likeness (QED) is 0.303. The highest BCUT2D eigenvalue weighted by Gasteiger charge is 1.91. The Hall–Kier alpha value is -1.19. The molecule has 0 fully saturated rings. The lowest BCUT2D eigenvalue weighted by Crippen LogP contribution is -1.91. The van der Waals surface area contributed by atoms with Crippen LogP contribution >= 0.6 is 0 Å². The standard InChI is InChI=1S/C4H5NO3/c1-2-3-4(6)8-5-7/h2-3H,1H3/b3-2+. The molecule has 4 nitrogen and oxygen atoms in total. The number of nitrogens with zero attached hydrogens (tertiary/aromatic N) is 1. The summed E-state index contributed by atoms with van der Waals surface area (Å²) in [7, 11) is 0. The van der Waals surface area contributed by atoms with Gasteiger partial charge in [-0.3, -0.25) is 4.84 Å². The van der Waals surface area contributed by atoms with Gasteiger partial charge < -0.3 is 0 Å². The van der Waals surface area contributed by atoms with Crippen molar-refractivity contribution in [2.45, 2.75) is 6.92 Å². The molecule has 0 rings (SSSR count). The lowest BCUT2D eigenvalue weighted by Gasteiger charge is -1.79. The lowest BCUT2D eigenvalue weighted by molar-refractivity contribution is -0.138. The van der Waals surface area contributed by atoms with Crippen LogP contribution in [0.1, 0.15) is 6.92 Å². The Labute approximate surface area is 46.1 Å². The minimum atomic E-state index is -0.748. The predicted molar refractivity (Wildman–Crippen MR) is 26.7 cm³/mol. The van der Waals surface area contributed by atoms with Gasteiger partial charge in [-0.05, 0) is 6.92 Å². The van der Waals surface area contributed by atoms with Crippen LogP contribution in [0.4, 0.5) is 0 Å². The monoisotopic (exact) mass is 115 g/mol. The van der Waals surface area contributed by atoms with E-state index in [0.717, 1.165) is 6.08 Å². The Kier molecular flexibility index (Phi) is 3.39. The van der Waals surface area contributed by atoms with Crippen molar-refractivity contribution in [3.05, 3.63) is 17.1 Å². The summed E-state index contributed by atoms with van der Waals surface area (Å²) in [6.45, 7) is 1.63. The number of carbonyl (C=O) groups excluding carboxylic acids is 1. The number of carbonyl (C=O) groups is 1. The van der Waals surface area contributed by atoms with Crippen molar-refractivity contribution < 1.29 is 9.63 Å². The molecule has 0 bridgehead atoms. The molecule has 0 spiro atoms. The van der Waals surface area contributed by atoms with Crippen molar-refractivity contribution in [3.8, 4) is 0 Å². The summed E-state index contributed by atoms with van der Waals surface area (Å²) in [5.41, 5.74) is 0. The van der Waals surface area contributed by atoms with E-state index in [4.69, 9.17) is 4.91 Å². The van der Waals surface area contributed by atoms with Gasteiger partial charge in [-0.15, -0.1) is 4.91 Å². The Bertz CT molecular complexity index is 118. The van der Waals surface area contributed by atoms with E-state index in [-0.39, 0.29) is 0 Å². The molecule has 0 aromatic heterocycles. The lowest BCUT2D eigenvalue weighted by atomic mass is 10.5. The second-order valence-corrected chi connectivity index (χ2v) is 0.985. The van der Waals surface area contributed by atoms with E-state index in [1.807, 2.05) is 5.34 Å². The number of allylic oxidation sites excluding steroid dienone is 1. The largest absolute Gasteiger partial charge is 0.361 e. The Balaban J connectivity index is 3.48. The van der Waals surface area contributed by atoms with E-state index in [1.165, 1.54) is 6.08 Å². The molecule has 0 aliphatic heterocycles. The Morgan fingerprint density at radius 3 is 2.75 bits per heavy atom. The summed E-state index contributed by atoms with van der Waals surface area (Å²) in [5.74, 6) is -0.748. The average molecular weight is 115 g/mol. The summed E-state index contributed by atoms with van der Waals surface area (Å²) >= 11 is 0. The average Bonchev–Trinajstić information content (AvgIpc) is 1.68. The molecule has 0 radical (unpaired) electrons. The maximum Gasteiger partial charge on any atom is 0.361 e. The zero-order valence-corrected chi connectivity index (χ0v) is 4.33. The molecule has 44 valence electrons. The van der Waals surface area contributed by atoms with Crippen LogP contribution in [-0.4, -0.2) is 5.97 Å². The van der Waals surface area contributed by atoms with E-state index in [2.05, 4.69) is 4.84 Å². The molecule has 0 aromatic rings. The second kappa shape index (κ2) is 3.98. The normalized spacial score (nSPS) is 9.12. The predicted octanol–water partition coefficient (Wildman–Crippen LogP) is 0.787. The van der Waals surface area contributed by atoms with Gasteiger partial charge >= 0.3 is 5.97 Å². The molecule has 4 heteroatoms. The van der Waals surface area contributed by atoms with Gasteiger partial charge in [-0.25, -0.2) is 4.79 Å².